The molecular formula is C13H16N4O3. The van der Waals surface area contributed by atoms with Gasteiger partial charge >= 0.3 is 0 Å². The number of aliphatic imine (C=N–C) groups is 1. The van der Waals surface area contributed by atoms with E-state index in [9.17, 15) is 14.9 Å². The van der Waals surface area contributed by atoms with Crippen molar-refractivity contribution in [1.82, 2.24) is 4.90 Å². The lowest BCUT2D eigenvalue weighted by atomic mass is 10.1. The molecule has 0 spiro atoms. The van der Waals surface area contributed by atoms with Crippen LogP contribution in [-0.2, 0) is 0 Å². The van der Waals surface area contributed by atoms with Crippen LogP contribution in [-0.4, -0.2) is 34.8 Å². The molecule has 0 aromatic heterocycles. The summed E-state index contributed by atoms with van der Waals surface area (Å²) in [5.74, 6) is -0.268. The van der Waals surface area contributed by atoms with Crippen molar-refractivity contribution in [2.45, 2.75) is 19.3 Å². The predicted molar refractivity (Wildman–Crippen MR) is 74.5 cm³/mol. The third-order valence-corrected chi connectivity index (χ3v) is 3.22. The van der Waals surface area contributed by atoms with Crippen molar-refractivity contribution in [3.05, 3.63) is 39.9 Å². The maximum atomic E-state index is 11.9. The third kappa shape index (κ3) is 3.31. The van der Waals surface area contributed by atoms with Gasteiger partial charge in [-0.1, -0.05) is 0 Å². The van der Waals surface area contributed by atoms with E-state index in [-0.39, 0.29) is 17.2 Å². The molecule has 7 nitrogen and oxygen atoms in total. The molecule has 1 aromatic carbocycles. The van der Waals surface area contributed by atoms with Crippen LogP contribution in [0.15, 0.2) is 29.3 Å². The van der Waals surface area contributed by atoms with Gasteiger partial charge < -0.3 is 10.6 Å². The minimum absolute atomic E-state index is 0.0606. The highest BCUT2D eigenvalue weighted by Crippen LogP contribution is 2.13. The average molecular weight is 276 g/mol. The number of amides is 1. The van der Waals surface area contributed by atoms with E-state index in [1.807, 2.05) is 4.90 Å². The number of carbonyl (C=O) groups excluding carboxylic acids is 1. The number of guanidine groups is 1. The topological polar surface area (TPSA) is 102 Å². The largest absolute Gasteiger partial charge is 0.369 e. The van der Waals surface area contributed by atoms with E-state index in [1.165, 1.54) is 30.7 Å². The van der Waals surface area contributed by atoms with Gasteiger partial charge in [0.2, 0.25) is 0 Å². The lowest BCUT2D eigenvalue weighted by molar-refractivity contribution is -0.384. The molecule has 0 aliphatic carbocycles. The van der Waals surface area contributed by atoms with E-state index in [0.717, 1.165) is 25.9 Å². The van der Waals surface area contributed by atoms with Crippen molar-refractivity contribution in [1.29, 1.82) is 0 Å². The maximum absolute atomic E-state index is 11.9. The highest BCUT2D eigenvalue weighted by Gasteiger charge is 2.14. The lowest BCUT2D eigenvalue weighted by Gasteiger charge is -2.27. The average Bonchev–Trinajstić information content (AvgIpc) is 2.48. The zero-order valence-corrected chi connectivity index (χ0v) is 11.0. The molecule has 20 heavy (non-hydrogen) atoms. The van der Waals surface area contributed by atoms with E-state index in [0.29, 0.717) is 0 Å². The zero-order valence-electron chi connectivity index (χ0n) is 11.0. The van der Waals surface area contributed by atoms with Crippen LogP contribution in [0.25, 0.3) is 0 Å². The summed E-state index contributed by atoms with van der Waals surface area (Å²) in [6.45, 7) is 1.62. The molecule has 0 saturated carbocycles. The number of hydrogen-bond acceptors (Lipinski definition) is 3. The molecule has 1 aliphatic rings. The van der Waals surface area contributed by atoms with E-state index in [2.05, 4.69) is 4.99 Å². The van der Waals surface area contributed by atoms with E-state index >= 15 is 0 Å². The zero-order chi connectivity index (χ0) is 14.5. The number of nitro benzene ring substituents is 1. The van der Waals surface area contributed by atoms with Gasteiger partial charge in [-0.3, -0.25) is 14.9 Å². The van der Waals surface area contributed by atoms with Crippen LogP contribution < -0.4 is 5.73 Å². The van der Waals surface area contributed by atoms with Crippen molar-refractivity contribution >= 4 is 17.6 Å². The SMILES string of the molecule is NC(=NC(=O)c1ccc([N+](=O)[O-])cc1)N1CCCCC1. The number of carbonyl (C=O) groups is 1. The molecule has 106 valence electrons. The summed E-state index contributed by atoms with van der Waals surface area (Å²) in [4.78, 5) is 27.7. The van der Waals surface area contributed by atoms with Crippen LogP contribution in [0.2, 0.25) is 0 Å². The van der Waals surface area contributed by atoms with Crippen LogP contribution in [0, 0.1) is 10.1 Å². The number of nitrogens with zero attached hydrogens (tertiary/aromatic N) is 3. The Labute approximate surface area is 116 Å². The highest BCUT2D eigenvalue weighted by molar-refractivity contribution is 6.02. The summed E-state index contributed by atoms with van der Waals surface area (Å²) >= 11 is 0. The summed E-state index contributed by atoms with van der Waals surface area (Å²) < 4.78 is 0. The number of piperidine rings is 1. The second kappa shape index (κ2) is 6.14. The molecule has 2 N–H and O–H groups in total. The third-order valence-electron chi connectivity index (χ3n) is 3.22. The normalized spacial score (nSPS) is 16.0. The Balaban J connectivity index is 2.08. The molecule has 0 bridgehead atoms. The fourth-order valence-corrected chi connectivity index (χ4v) is 2.09. The maximum Gasteiger partial charge on any atom is 0.280 e. The molecular weight excluding hydrogens is 260 g/mol. The van der Waals surface area contributed by atoms with E-state index in [4.69, 9.17) is 5.73 Å². The van der Waals surface area contributed by atoms with Crippen molar-refractivity contribution in [3.8, 4) is 0 Å². The Bertz CT molecular complexity index is 533. The Kier molecular flexibility index (Phi) is 4.29. The fourth-order valence-electron chi connectivity index (χ4n) is 2.09. The molecule has 1 aromatic rings. The highest BCUT2D eigenvalue weighted by atomic mass is 16.6. The van der Waals surface area contributed by atoms with Crippen LogP contribution in [0.5, 0.6) is 0 Å². The monoisotopic (exact) mass is 276 g/mol. The number of benzene rings is 1. The fraction of sp³-hybridized carbons (Fsp3) is 0.385. The molecule has 1 amide bonds. The van der Waals surface area contributed by atoms with Crippen molar-refractivity contribution < 1.29 is 9.72 Å². The van der Waals surface area contributed by atoms with Crippen molar-refractivity contribution in [2.75, 3.05) is 13.1 Å². The first kappa shape index (κ1) is 14.0. The molecule has 2 rings (SSSR count). The molecule has 1 fully saturated rings. The molecule has 1 heterocycles. The number of likely N-dealkylation sites (tertiary alicyclic amines) is 1. The molecule has 0 unspecified atom stereocenters. The van der Waals surface area contributed by atoms with Crippen LogP contribution in [0.3, 0.4) is 0 Å². The second-order valence-corrected chi connectivity index (χ2v) is 4.63. The van der Waals surface area contributed by atoms with Gasteiger partial charge in [-0.05, 0) is 31.4 Å². The van der Waals surface area contributed by atoms with Gasteiger partial charge in [0, 0.05) is 30.8 Å². The van der Waals surface area contributed by atoms with Gasteiger partial charge in [0.15, 0.2) is 5.96 Å². The van der Waals surface area contributed by atoms with Crippen molar-refractivity contribution in [2.24, 2.45) is 10.7 Å². The van der Waals surface area contributed by atoms with Gasteiger partial charge in [0.05, 0.1) is 4.92 Å². The number of nitrogens with two attached hydrogens (primary N) is 1. The van der Waals surface area contributed by atoms with Gasteiger partial charge in [0.1, 0.15) is 0 Å². The molecule has 1 aliphatic heterocycles. The Morgan fingerprint density at radius 2 is 1.80 bits per heavy atom. The molecule has 0 radical (unpaired) electrons. The molecule has 7 heteroatoms. The molecule has 0 atom stereocenters. The minimum atomic E-state index is -0.514. The van der Waals surface area contributed by atoms with E-state index in [1.54, 1.807) is 0 Å². The standard InChI is InChI=1S/C13H16N4O3/c14-13(16-8-2-1-3-9-16)15-12(18)10-4-6-11(7-5-10)17(19)20/h4-7H,1-3,8-9H2,(H2,14,15,18). The first-order valence-corrected chi connectivity index (χ1v) is 6.46. The van der Waals surface area contributed by atoms with Gasteiger partial charge in [0.25, 0.3) is 11.6 Å². The smallest absolute Gasteiger partial charge is 0.280 e. The Morgan fingerprint density at radius 3 is 2.35 bits per heavy atom. The summed E-state index contributed by atoms with van der Waals surface area (Å²) in [6, 6.07) is 5.32. The van der Waals surface area contributed by atoms with Gasteiger partial charge in [-0.2, -0.15) is 4.99 Å². The minimum Gasteiger partial charge on any atom is -0.369 e. The lowest BCUT2D eigenvalue weighted by Crippen LogP contribution is -2.41. The predicted octanol–water partition coefficient (Wildman–Crippen LogP) is 1.54. The summed E-state index contributed by atoms with van der Waals surface area (Å²) in [7, 11) is 0. The van der Waals surface area contributed by atoms with Crippen LogP contribution >= 0.6 is 0 Å². The summed E-state index contributed by atoms with van der Waals surface area (Å²) in [6.07, 6.45) is 3.25. The van der Waals surface area contributed by atoms with Gasteiger partial charge in [-0.25, -0.2) is 0 Å². The second-order valence-electron chi connectivity index (χ2n) is 4.63. The van der Waals surface area contributed by atoms with Crippen LogP contribution in [0.1, 0.15) is 29.6 Å². The van der Waals surface area contributed by atoms with Gasteiger partial charge in [-0.15, -0.1) is 0 Å². The number of rotatable bonds is 2. The summed E-state index contributed by atoms with van der Waals surface area (Å²) in [5.41, 5.74) is 6.04. The van der Waals surface area contributed by atoms with Crippen LogP contribution in [0.4, 0.5) is 5.69 Å². The first-order valence-electron chi connectivity index (χ1n) is 6.46. The number of non-ortho nitro benzene ring substituents is 1. The number of hydrogen-bond donors (Lipinski definition) is 1. The van der Waals surface area contributed by atoms with Crippen molar-refractivity contribution in [3.63, 3.8) is 0 Å². The number of nitro groups is 1. The Hall–Kier alpha value is -2.44. The molecule has 1 saturated heterocycles. The van der Waals surface area contributed by atoms with E-state index < -0.39 is 10.8 Å². The summed E-state index contributed by atoms with van der Waals surface area (Å²) in [5, 5.41) is 10.5. The first-order chi connectivity index (χ1) is 9.58. The quantitative estimate of drug-likeness (QED) is 0.382. The Morgan fingerprint density at radius 1 is 1.20 bits per heavy atom.